The number of hydrogen-bond donors (Lipinski definition) is 2. The summed E-state index contributed by atoms with van der Waals surface area (Å²) >= 11 is 12.1. The van der Waals surface area contributed by atoms with Crippen molar-refractivity contribution in [2.45, 2.75) is 6.54 Å². The largest absolute Gasteiger partial charge is 0.478 e. The van der Waals surface area contributed by atoms with Crippen molar-refractivity contribution in [3.63, 3.8) is 0 Å². The van der Waals surface area contributed by atoms with Crippen LogP contribution in [0.2, 0.25) is 10.0 Å². The minimum atomic E-state index is -1.14. The van der Waals surface area contributed by atoms with E-state index in [4.69, 9.17) is 23.2 Å². The molecule has 0 radical (unpaired) electrons. The number of H-pyrrole nitrogens is 1. The SMILES string of the molecule is CN(Cc1cc(F)ccc1-c1ccc(C(=O)O)c(Cl)c1)C(=O)c1cc2ncc(Cl)cc2[nH]1. The summed E-state index contributed by atoms with van der Waals surface area (Å²) in [4.78, 5) is 32.8. The van der Waals surface area contributed by atoms with E-state index in [1.165, 1.54) is 35.4 Å². The lowest BCUT2D eigenvalue weighted by Gasteiger charge is -2.19. The van der Waals surface area contributed by atoms with Gasteiger partial charge in [0.2, 0.25) is 0 Å². The fraction of sp³-hybridized carbons (Fsp3) is 0.0870. The Kier molecular flexibility index (Phi) is 5.86. The highest BCUT2D eigenvalue weighted by molar-refractivity contribution is 6.33. The maximum atomic E-state index is 14.0. The van der Waals surface area contributed by atoms with Crippen LogP contribution in [0, 0.1) is 5.82 Å². The van der Waals surface area contributed by atoms with Gasteiger partial charge >= 0.3 is 5.97 Å². The van der Waals surface area contributed by atoms with Gasteiger partial charge in [0, 0.05) is 19.8 Å². The summed E-state index contributed by atoms with van der Waals surface area (Å²) < 4.78 is 14.0. The van der Waals surface area contributed by atoms with Crippen LogP contribution in [0.25, 0.3) is 22.2 Å². The second-order valence-electron chi connectivity index (χ2n) is 7.23. The maximum absolute atomic E-state index is 14.0. The van der Waals surface area contributed by atoms with Gasteiger partial charge in [-0.3, -0.25) is 9.78 Å². The Morgan fingerprint density at radius 1 is 1.12 bits per heavy atom. The van der Waals surface area contributed by atoms with Gasteiger partial charge in [0.25, 0.3) is 5.91 Å². The third-order valence-corrected chi connectivity index (χ3v) is 5.52. The van der Waals surface area contributed by atoms with Crippen molar-refractivity contribution in [2.24, 2.45) is 0 Å². The first kappa shape index (κ1) is 21.8. The number of carboxylic acids is 1. The topological polar surface area (TPSA) is 86.3 Å². The highest BCUT2D eigenvalue weighted by atomic mass is 35.5. The molecule has 0 bridgehead atoms. The number of halogens is 3. The predicted octanol–water partition coefficient (Wildman–Crippen LogP) is 5.65. The number of nitrogens with zero attached hydrogens (tertiary/aromatic N) is 2. The number of pyridine rings is 1. The number of carbonyl (C=O) groups is 2. The Morgan fingerprint density at radius 2 is 1.91 bits per heavy atom. The molecular weight excluding hydrogens is 456 g/mol. The van der Waals surface area contributed by atoms with Crippen LogP contribution in [0.1, 0.15) is 26.4 Å². The Hall–Kier alpha value is -3.42. The molecule has 0 saturated heterocycles. The predicted molar refractivity (Wildman–Crippen MR) is 121 cm³/mol. The van der Waals surface area contributed by atoms with Gasteiger partial charge in [-0.1, -0.05) is 35.3 Å². The van der Waals surface area contributed by atoms with Crippen LogP contribution in [0.5, 0.6) is 0 Å². The molecule has 9 heteroatoms. The van der Waals surface area contributed by atoms with Crippen molar-refractivity contribution in [2.75, 3.05) is 7.05 Å². The molecule has 4 rings (SSSR count). The van der Waals surface area contributed by atoms with Gasteiger partial charge in [0.05, 0.1) is 26.6 Å². The summed E-state index contributed by atoms with van der Waals surface area (Å²) in [5.41, 5.74) is 3.31. The zero-order valence-corrected chi connectivity index (χ0v) is 18.2. The average Bonchev–Trinajstić information content (AvgIpc) is 3.16. The van der Waals surface area contributed by atoms with Gasteiger partial charge in [-0.15, -0.1) is 0 Å². The lowest BCUT2D eigenvalue weighted by Crippen LogP contribution is -2.26. The number of carboxylic acid groups (broad SMARTS) is 1. The lowest BCUT2D eigenvalue weighted by atomic mass is 9.98. The highest BCUT2D eigenvalue weighted by Gasteiger charge is 2.18. The average molecular weight is 472 g/mol. The molecule has 2 aromatic heterocycles. The minimum Gasteiger partial charge on any atom is -0.478 e. The third kappa shape index (κ3) is 4.30. The molecule has 0 spiro atoms. The number of carbonyl (C=O) groups excluding carboxylic acids is 1. The van der Waals surface area contributed by atoms with E-state index in [0.29, 0.717) is 38.4 Å². The number of fused-ring (bicyclic) bond motifs is 1. The molecule has 4 aromatic rings. The van der Waals surface area contributed by atoms with E-state index in [0.717, 1.165) is 0 Å². The molecule has 162 valence electrons. The fourth-order valence-electron chi connectivity index (χ4n) is 3.46. The number of benzene rings is 2. The van der Waals surface area contributed by atoms with E-state index >= 15 is 0 Å². The molecule has 0 aliphatic rings. The summed E-state index contributed by atoms with van der Waals surface area (Å²) in [6.07, 6.45) is 1.50. The number of hydrogen-bond acceptors (Lipinski definition) is 3. The molecule has 0 aliphatic heterocycles. The van der Waals surface area contributed by atoms with E-state index in [-0.39, 0.29) is 23.0 Å². The lowest BCUT2D eigenvalue weighted by molar-refractivity contribution is 0.0696. The molecule has 0 atom stereocenters. The molecule has 32 heavy (non-hydrogen) atoms. The fourth-order valence-corrected chi connectivity index (χ4v) is 3.88. The monoisotopic (exact) mass is 471 g/mol. The first-order valence-corrected chi connectivity index (χ1v) is 10.2. The van der Waals surface area contributed by atoms with Crippen LogP contribution in [0.4, 0.5) is 4.39 Å². The number of aromatic amines is 1. The Bertz CT molecular complexity index is 1370. The molecular formula is C23H16Cl2FN3O3. The molecule has 6 nitrogen and oxygen atoms in total. The quantitative estimate of drug-likeness (QED) is 0.393. The summed E-state index contributed by atoms with van der Waals surface area (Å²) in [6.45, 7) is 0.105. The highest BCUT2D eigenvalue weighted by Crippen LogP contribution is 2.30. The molecule has 2 N–H and O–H groups in total. The van der Waals surface area contributed by atoms with Gasteiger partial charge < -0.3 is 15.0 Å². The second kappa shape index (κ2) is 8.61. The van der Waals surface area contributed by atoms with E-state index in [1.807, 2.05) is 0 Å². The summed E-state index contributed by atoms with van der Waals surface area (Å²) in [6, 6.07) is 12.0. The minimum absolute atomic E-state index is 0.0288. The Morgan fingerprint density at radius 3 is 2.62 bits per heavy atom. The maximum Gasteiger partial charge on any atom is 0.337 e. The van der Waals surface area contributed by atoms with Gasteiger partial charge in [-0.25, -0.2) is 9.18 Å². The molecule has 0 saturated carbocycles. The van der Waals surface area contributed by atoms with Crippen LogP contribution in [0.3, 0.4) is 0 Å². The first-order chi connectivity index (χ1) is 15.2. The van der Waals surface area contributed by atoms with E-state index in [1.54, 1.807) is 31.3 Å². The molecule has 1 amide bonds. The van der Waals surface area contributed by atoms with Crippen molar-refractivity contribution in [1.82, 2.24) is 14.9 Å². The van der Waals surface area contributed by atoms with E-state index in [2.05, 4.69) is 9.97 Å². The number of nitrogens with one attached hydrogen (secondary N) is 1. The molecule has 0 aliphatic carbocycles. The molecule has 2 heterocycles. The molecule has 0 unspecified atom stereocenters. The Balaban J connectivity index is 1.65. The standard InChI is InChI=1S/C23H16Cl2FN3O3/c1-29(22(30)21-9-19-20(28-21)8-14(24)10-27-19)11-13-6-15(26)3-5-16(13)12-2-4-17(23(31)32)18(25)7-12/h2-10,28H,11H2,1H3,(H,31,32). The number of rotatable bonds is 5. The van der Waals surface area contributed by atoms with Crippen molar-refractivity contribution in [3.8, 4) is 11.1 Å². The summed E-state index contributed by atoms with van der Waals surface area (Å²) in [5.74, 6) is -1.91. The van der Waals surface area contributed by atoms with Gasteiger partial charge in [0.1, 0.15) is 11.5 Å². The number of aromatic carboxylic acids is 1. The van der Waals surface area contributed by atoms with Crippen LogP contribution in [0.15, 0.2) is 54.7 Å². The van der Waals surface area contributed by atoms with Crippen molar-refractivity contribution in [3.05, 3.63) is 87.4 Å². The van der Waals surface area contributed by atoms with E-state index in [9.17, 15) is 19.1 Å². The van der Waals surface area contributed by atoms with Crippen LogP contribution in [-0.4, -0.2) is 38.9 Å². The van der Waals surface area contributed by atoms with Gasteiger partial charge in [0.15, 0.2) is 0 Å². The van der Waals surface area contributed by atoms with Crippen LogP contribution < -0.4 is 0 Å². The summed E-state index contributed by atoms with van der Waals surface area (Å²) in [5, 5.41) is 9.70. The Labute approximate surface area is 192 Å². The smallest absolute Gasteiger partial charge is 0.337 e. The normalized spacial score (nSPS) is 11.0. The first-order valence-electron chi connectivity index (χ1n) is 9.44. The second-order valence-corrected chi connectivity index (χ2v) is 8.08. The van der Waals surface area contributed by atoms with Crippen LogP contribution in [-0.2, 0) is 6.54 Å². The van der Waals surface area contributed by atoms with Gasteiger partial charge in [-0.05, 0) is 53.1 Å². The van der Waals surface area contributed by atoms with Crippen molar-refractivity contribution >= 4 is 46.1 Å². The van der Waals surface area contributed by atoms with Crippen molar-refractivity contribution < 1.29 is 19.1 Å². The number of amides is 1. The van der Waals surface area contributed by atoms with Crippen molar-refractivity contribution in [1.29, 1.82) is 0 Å². The zero-order valence-electron chi connectivity index (χ0n) is 16.7. The van der Waals surface area contributed by atoms with E-state index < -0.39 is 11.8 Å². The number of aromatic nitrogens is 2. The molecule has 0 fully saturated rings. The summed E-state index contributed by atoms with van der Waals surface area (Å²) in [7, 11) is 1.60. The zero-order chi connectivity index (χ0) is 23.0. The van der Waals surface area contributed by atoms with Gasteiger partial charge in [-0.2, -0.15) is 0 Å². The third-order valence-electron chi connectivity index (χ3n) is 5.00. The van der Waals surface area contributed by atoms with Crippen LogP contribution >= 0.6 is 23.2 Å². The molecule has 2 aromatic carbocycles.